The Morgan fingerprint density at radius 2 is 0.966 bits per heavy atom. The lowest BCUT2D eigenvalue weighted by Crippen LogP contribution is -2.74. The topological polar surface area (TPSA) is 23.4 Å². The molecule has 0 amide bonds. The van der Waals surface area contributed by atoms with E-state index < -0.39 is 8.07 Å². The molecule has 0 aliphatic carbocycles. The van der Waals surface area contributed by atoms with E-state index in [1.54, 1.807) is 0 Å². The molecule has 0 radical (unpaired) electrons. The molecule has 59 heavy (non-hydrogen) atoms. The van der Waals surface area contributed by atoms with Crippen LogP contribution in [0.4, 0.5) is 0 Å². The highest BCUT2D eigenvalue weighted by Gasteiger charge is 2.43. The summed E-state index contributed by atoms with van der Waals surface area (Å²) in [6.07, 6.45) is 0. The van der Waals surface area contributed by atoms with E-state index in [4.69, 9.17) is 9.39 Å². The summed E-state index contributed by atoms with van der Waals surface area (Å²) in [5, 5.41) is 7.85. The van der Waals surface area contributed by atoms with Crippen LogP contribution in [0.3, 0.4) is 0 Å². The molecule has 0 fully saturated rings. The molecule has 2 aliphatic rings. The molecule has 3 heterocycles. The maximum absolute atomic E-state index is 7.07. The molecule has 12 rings (SSSR count). The fourth-order valence-corrected chi connectivity index (χ4v) is 14.7. The summed E-state index contributed by atoms with van der Waals surface area (Å²) in [5.41, 5.74) is 9.92. The van der Waals surface area contributed by atoms with Crippen molar-refractivity contribution in [2.45, 2.75) is 0 Å². The van der Waals surface area contributed by atoms with E-state index >= 15 is 0 Å². The van der Waals surface area contributed by atoms with Crippen LogP contribution in [0.25, 0.3) is 49.7 Å². The van der Waals surface area contributed by atoms with E-state index in [2.05, 4.69) is 223 Å². The van der Waals surface area contributed by atoms with Gasteiger partial charge in [-0.2, -0.15) is 0 Å². The molecule has 2 aliphatic heterocycles. The molecule has 10 aromatic rings. The first-order valence-corrected chi connectivity index (χ1v) is 22.3. The maximum Gasteiger partial charge on any atom is 0.434 e. The molecule has 0 atom stereocenters. The van der Waals surface area contributed by atoms with Crippen LogP contribution in [0.2, 0.25) is 0 Å². The van der Waals surface area contributed by atoms with Gasteiger partial charge in [0.2, 0.25) is 0 Å². The molecule has 0 bridgehead atoms. The van der Waals surface area contributed by atoms with Crippen molar-refractivity contribution in [3.05, 3.63) is 218 Å². The summed E-state index contributed by atoms with van der Waals surface area (Å²) in [6, 6.07) is 79.3. The SMILES string of the molecule is c1ccc([Si](c2ccccc2)(c2ccccc2)c2cccc(-c3ccc4c(c3)-c3cccc5c3B(O4)c3cccc(-n4c6ccccc6c6ccccc64)c3O5)c2)cc1. The van der Waals surface area contributed by atoms with Crippen molar-refractivity contribution in [3.8, 4) is 45.2 Å². The van der Waals surface area contributed by atoms with Crippen LogP contribution in [-0.4, -0.2) is 19.6 Å². The summed E-state index contributed by atoms with van der Waals surface area (Å²) in [6.45, 7) is -0.311. The number of hydrogen-bond donors (Lipinski definition) is 0. The molecule has 3 nitrogen and oxygen atoms in total. The first-order valence-electron chi connectivity index (χ1n) is 20.3. The molecule has 0 spiro atoms. The van der Waals surface area contributed by atoms with Gasteiger partial charge >= 0.3 is 6.92 Å². The smallest absolute Gasteiger partial charge is 0.434 e. The molecule has 276 valence electrons. The molecule has 1 aromatic heterocycles. The van der Waals surface area contributed by atoms with Crippen LogP contribution >= 0.6 is 0 Å². The average Bonchev–Trinajstić information content (AvgIpc) is 3.64. The zero-order chi connectivity index (χ0) is 38.9. The van der Waals surface area contributed by atoms with Gasteiger partial charge in [-0.05, 0) is 73.8 Å². The van der Waals surface area contributed by atoms with Crippen molar-refractivity contribution in [1.29, 1.82) is 0 Å². The highest BCUT2D eigenvalue weighted by molar-refractivity contribution is 7.19. The molecule has 9 aromatic carbocycles. The Morgan fingerprint density at radius 1 is 0.407 bits per heavy atom. The average molecular weight is 770 g/mol. The quantitative estimate of drug-likeness (QED) is 0.125. The standard InChI is InChI=1S/C54H36BNO2Si/c1-4-18-39(19-5-1)59(40-20-6-2-7-21-40,41-22-8-3-9-23-41)42-24-14-17-37(35-42)38-33-34-51-46(36-38)45-27-15-32-52-53(45)55(58-51)47-28-16-31-50(54(47)57-52)56-48-29-12-10-25-43(48)44-26-11-13-30-49(44)56/h1-36H. The third kappa shape index (κ3) is 5.08. The van der Waals surface area contributed by atoms with Crippen molar-refractivity contribution < 1.29 is 9.39 Å². The van der Waals surface area contributed by atoms with E-state index in [1.165, 1.54) is 37.1 Å². The Hall–Kier alpha value is -7.34. The predicted octanol–water partition coefficient (Wildman–Crippen LogP) is 9.10. The van der Waals surface area contributed by atoms with Crippen molar-refractivity contribution in [2.75, 3.05) is 0 Å². The largest absolute Gasteiger partial charge is 0.551 e. The number of aromatic nitrogens is 1. The molecular weight excluding hydrogens is 733 g/mol. The van der Waals surface area contributed by atoms with Crippen molar-refractivity contribution in [2.24, 2.45) is 0 Å². The van der Waals surface area contributed by atoms with Crippen LogP contribution in [0, 0.1) is 0 Å². The zero-order valence-electron chi connectivity index (χ0n) is 32.1. The summed E-state index contributed by atoms with van der Waals surface area (Å²) in [5.74, 6) is 2.53. The number of nitrogens with zero attached hydrogens (tertiary/aromatic N) is 1. The third-order valence-corrected chi connectivity index (χ3v) is 17.2. The van der Waals surface area contributed by atoms with Gasteiger partial charge in [0.05, 0.1) is 16.7 Å². The van der Waals surface area contributed by atoms with Crippen LogP contribution in [0.1, 0.15) is 0 Å². The monoisotopic (exact) mass is 769 g/mol. The van der Waals surface area contributed by atoms with E-state index in [-0.39, 0.29) is 6.92 Å². The fraction of sp³-hybridized carbons (Fsp3) is 0. The Kier molecular flexibility index (Phi) is 7.65. The lowest BCUT2D eigenvalue weighted by molar-refractivity contribution is 0.477. The van der Waals surface area contributed by atoms with Gasteiger partial charge in [0.25, 0.3) is 0 Å². The zero-order valence-corrected chi connectivity index (χ0v) is 33.1. The number of para-hydroxylation sites is 3. The van der Waals surface area contributed by atoms with Crippen LogP contribution in [0.5, 0.6) is 17.2 Å². The summed E-state index contributed by atoms with van der Waals surface area (Å²) < 4.78 is 16.4. The van der Waals surface area contributed by atoms with Crippen LogP contribution in [0.15, 0.2) is 218 Å². The first kappa shape index (κ1) is 33.8. The Balaban J connectivity index is 0.986. The van der Waals surface area contributed by atoms with Crippen LogP contribution < -0.4 is 41.1 Å². The summed E-state index contributed by atoms with van der Waals surface area (Å²) >= 11 is 0. The Morgan fingerprint density at radius 3 is 1.63 bits per heavy atom. The second-order valence-corrected chi connectivity index (χ2v) is 19.3. The number of ether oxygens (including phenoxy) is 1. The lowest BCUT2D eigenvalue weighted by Gasteiger charge is -2.35. The number of rotatable bonds is 6. The fourth-order valence-electron chi connectivity index (χ4n) is 9.89. The number of fused-ring (bicyclic) bond motifs is 7. The van der Waals surface area contributed by atoms with E-state index in [0.717, 1.165) is 61.6 Å². The van der Waals surface area contributed by atoms with E-state index in [9.17, 15) is 0 Å². The van der Waals surface area contributed by atoms with Gasteiger partial charge in [0.15, 0.2) is 8.07 Å². The van der Waals surface area contributed by atoms with Crippen molar-refractivity contribution in [3.63, 3.8) is 0 Å². The molecule has 0 saturated heterocycles. The summed E-state index contributed by atoms with van der Waals surface area (Å²) in [4.78, 5) is 0. The second-order valence-electron chi connectivity index (χ2n) is 15.5. The van der Waals surface area contributed by atoms with Gasteiger partial charge in [-0.3, -0.25) is 0 Å². The van der Waals surface area contributed by atoms with Crippen molar-refractivity contribution >= 4 is 68.5 Å². The minimum absolute atomic E-state index is 0.311. The lowest BCUT2D eigenvalue weighted by atomic mass is 9.50. The summed E-state index contributed by atoms with van der Waals surface area (Å²) in [7, 11) is -2.70. The highest BCUT2D eigenvalue weighted by atomic mass is 28.3. The van der Waals surface area contributed by atoms with Gasteiger partial charge in [0, 0.05) is 27.3 Å². The van der Waals surface area contributed by atoms with Gasteiger partial charge in [0.1, 0.15) is 17.2 Å². The minimum Gasteiger partial charge on any atom is -0.551 e. The minimum atomic E-state index is -2.70. The molecule has 5 heteroatoms. The number of benzene rings is 9. The van der Waals surface area contributed by atoms with Gasteiger partial charge in [-0.1, -0.05) is 182 Å². The molecule has 0 unspecified atom stereocenters. The highest BCUT2D eigenvalue weighted by Crippen LogP contribution is 2.43. The van der Waals surface area contributed by atoms with Gasteiger partial charge in [-0.25, -0.2) is 0 Å². The van der Waals surface area contributed by atoms with E-state index in [1.807, 2.05) is 0 Å². The van der Waals surface area contributed by atoms with E-state index in [0.29, 0.717) is 0 Å². The molecular formula is C54H36BNO2Si. The molecule has 0 saturated carbocycles. The number of hydrogen-bond acceptors (Lipinski definition) is 2. The molecule has 0 N–H and O–H groups in total. The van der Waals surface area contributed by atoms with Crippen molar-refractivity contribution in [1.82, 2.24) is 4.57 Å². The Bertz CT molecular complexity index is 3090. The van der Waals surface area contributed by atoms with Gasteiger partial charge in [-0.15, -0.1) is 0 Å². The Labute approximate surface area is 344 Å². The maximum atomic E-state index is 7.07. The normalized spacial score (nSPS) is 12.6. The van der Waals surface area contributed by atoms with Crippen LogP contribution in [-0.2, 0) is 0 Å². The second kappa shape index (κ2) is 13.4. The third-order valence-electron chi connectivity index (χ3n) is 12.4. The first-order chi connectivity index (χ1) is 29.3. The van der Waals surface area contributed by atoms with Gasteiger partial charge < -0.3 is 14.0 Å². The predicted molar refractivity (Wildman–Crippen MR) is 247 cm³/mol.